The van der Waals surface area contributed by atoms with Gasteiger partial charge < -0.3 is 16.2 Å². The van der Waals surface area contributed by atoms with Gasteiger partial charge in [0.05, 0.1) is 16.1 Å². The number of nitrogen functional groups attached to an aromatic ring is 1. The average Bonchev–Trinajstić information content (AvgIpc) is 2.64. The number of hydrogen-bond acceptors (Lipinski definition) is 6. The van der Waals surface area contributed by atoms with Gasteiger partial charge in [-0.25, -0.2) is 24.1 Å². The summed E-state index contributed by atoms with van der Waals surface area (Å²) >= 11 is 5.83. The van der Waals surface area contributed by atoms with Crippen molar-refractivity contribution in [3.8, 4) is 0 Å². The molecule has 0 atom stereocenters. The van der Waals surface area contributed by atoms with E-state index in [2.05, 4.69) is 20.3 Å². The quantitative estimate of drug-likeness (QED) is 0.458. The average molecular weight is 384 g/mol. The summed E-state index contributed by atoms with van der Waals surface area (Å²) in [6.45, 7) is 0. The Bertz CT molecular complexity index is 1230. The van der Waals surface area contributed by atoms with Gasteiger partial charge in [0.15, 0.2) is 5.82 Å². The third kappa shape index (κ3) is 3.06. The number of anilines is 3. The summed E-state index contributed by atoms with van der Waals surface area (Å²) in [4.78, 5) is 24.0. The van der Waals surface area contributed by atoms with Gasteiger partial charge in [0.25, 0.3) is 0 Å². The molecule has 0 amide bonds. The number of carboxylic acid groups (broad SMARTS) is 1. The van der Waals surface area contributed by atoms with Gasteiger partial charge in [0.1, 0.15) is 11.3 Å². The Labute approximate surface area is 156 Å². The molecule has 4 N–H and O–H groups in total. The van der Waals surface area contributed by atoms with Gasteiger partial charge in [-0.2, -0.15) is 0 Å². The molecule has 2 aromatic carbocycles. The van der Waals surface area contributed by atoms with Crippen LogP contribution in [0.15, 0.2) is 42.6 Å². The first-order valence-electron chi connectivity index (χ1n) is 7.74. The van der Waals surface area contributed by atoms with Crippen molar-refractivity contribution in [2.45, 2.75) is 0 Å². The summed E-state index contributed by atoms with van der Waals surface area (Å²) in [6, 6.07) is 8.71. The lowest BCUT2D eigenvalue weighted by Gasteiger charge is -2.12. The molecular weight excluding hydrogens is 373 g/mol. The first kappa shape index (κ1) is 16.9. The molecule has 0 saturated carbocycles. The van der Waals surface area contributed by atoms with E-state index < -0.39 is 11.8 Å². The number of nitrogens with zero attached hydrogens (tertiary/aromatic N) is 3. The second kappa shape index (κ2) is 6.33. The van der Waals surface area contributed by atoms with Crippen molar-refractivity contribution in [2.75, 3.05) is 11.1 Å². The number of aromatic carboxylic acids is 1. The van der Waals surface area contributed by atoms with Crippen LogP contribution >= 0.6 is 11.6 Å². The summed E-state index contributed by atoms with van der Waals surface area (Å²) in [6.07, 6.45) is 1.55. The van der Waals surface area contributed by atoms with Crippen LogP contribution in [0.2, 0.25) is 5.02 Å². The van der Waals surface area contributed by atoms with E-state index in [0.29, 0.717) is 33.3 Å². The molecule has 27 heavy (non-hydrogen) atoms. The van der Waals surface area contributed by atoms with Crippen LogP contribution in [0.4, 0.5) is 21.8 Å². The zero-order valence-corrected chi connectivity index (χ0v) is 14.3. The molecule has 0 spiro atoms. The number of rotatable bonds is 3. The fourth-order valence-corrected chi connectivity index (χ4v) is 2.91. The Kier molecular flexibility index (Phi) is 3.97. The van der Waals surface area contributed by atoms with E-state index in [1.54, 1.807) is 12.3 Å². The molecule has 4 rings (SSSR count). The first-order chi connectivity index (χ1) is 12.9. The molecular formula is C18H11ClFN5O2. The minimum absolute atomic E-state index is 0.0487. The van der Waals surface area contributed by atoms with E-state index >= 15 is 0 Å². The molecule has 0 bridgehead atoms. The summed E-state index contributed by atoms with van der Waals surface area (Å²) in [5, 5.41) is 13.5. The predicted octanol–water partition coefficient (Wildman–Crippen LogP) is 3.99. The van der Waals surface area contributed by atoms with Gasteiger partial charge in [0.2, 0.25) is 5.95 Å². The molecule has 0 aliphatic carbocycles. The van der Waals surface area contributed by atoms with Crippen LogP contribution in [0.5, 0.6) is 0 Å². The SMILES string of the molecule is Nc1ncc2c(n1)c(Nc1ccc(F)c(Cl)c1)nc1cc(C(=O)O)ccc12. The molecule has 0 saturated heterocycles. The molecule has 0 unspecified atom stereocenters. The Morgan fingerprint density at radius 3 is 2.70 bits per heavy atom. The maximum Gasteiger partial charge on any atom is 0.335 e. The zero-order chi connectivity index (χ0) is 19.1. The van der Waals surface area contributed by atoms with Crippen molar-refractivity contribution in [1.29, 1.82) is 0 Å². The maximum absolute atomic E-state index is 13.4. The molecule has 0 aliphatic rings. The number of halogens is 2. The fraction of sp³-hybridized carbons (Fsp3) is 0. The minimum atomic E-state index is -1.06. The highest BCUT2D eigenvalue weighted by atomic mass is 35.5. The van der Waals surface area contributed by atoms with E-state index in [1.807, 2.05) is 0 Å². The Hall–Kier alpha value is -3.52. The first-order valence-corrected chi connectivity index (χ1v) is 8.11. The lowest BCUT2D eigenvalue weighted by Crippen LogP contribution is -2.02. The topological polar surface area (TPSA) is 114 Å². The lowest BCUT2D eigenvalue weighted by molar-refractivity contribution is 0.0697. The molecule has 2 aromatic heterocycles. The van der Waals surface area contributed by atoms with Crippen molar-refractivity contribution in [3.63, 3.8) is 0 Å². The van der Waals surface area contributed by atoms with Gasteiger partial charge in [-0.05, 0) is 30.3 Å². The fourth-order valence-electron chi connectivity index (χ4n) is 2.73. The molecule has 9 heteroatoms. The number of nitrogens with one attached hydrogen (secondary N) is 1. The van der Waals surface area contributed by atoms with Gasteiger partial charge in [-0.3, -0.25) is 0 Å². The Morgan fingerprint density at radius 2 is 1.96 bits per heavy atom. The minimum Gasteiger partial charge on any atom is -0.478 e. The summed E-state index contributed by atoms with van der Waals surface area (Å²) < 4.78 is 13.4. The highest BCUT2D eigenvalue weighted by molar-refractivity contribution is 6.31. The third-order valence-electron chi connectivity index (χ3n) is 3.98. The van der Waals surface area contributed by atoms with E-state index in [-0.39, 0.29) is 16.5 Å². The molecule has 7 nitrogen and oxygen atoms in total. The van der Waals surface area contributed by atoms with Crippen molar-refractivity contribution >= 4 is 56.8 Å². The summed E-state index contributed by atoms with van der Waals surface area (Å²) in [5.41, 5.74) is 7.18. The van der Waals surface area contributed by atoms with Crippen LogP contribution in [0.3, 0.4) is 0 Å². The molecule has 0 radical (unpaired) electrons. The number of hydrogen-bond donors (Lipinski definition) is 3. The van der Waals surface area contributed by atoms with Crippen molar-refractivity contribution in [1.82, 2.24) is 15.0 Å². The number of fused-ring (bicyclic) bond motifs is 3. The number of nitrogens with two attached hydrogens (primary N) is 1. The number of aromatic nitrogens is 3. The molecule has 2 heterocycles. The number of benzene rings is 2. The van der Waals surface area contributed by atoms with Crippen LogP contribution in [-0.2, 0) is 0 Å². The number of carboxylic acids is 1. The molecule has 134 valence electrons. The van der Waals surface area contributed by atoms with Crippen LogP contribution in [-0.4, -0.2) is 26.0 Å². The van der Waals surface area contributed by atoms with Gasteiger partial charge in [-0.15, -0.1) is 0 Å². The number of pyridine rings is 1. The lowest BCUT2D eigenvalue weighted by atomic mass is 10.1. The van der Waals surface area contributed by atoms with Crippen LogP contribution in [0.25, 0.3) is 21.8 Å². The zero-order valence-electron chi connectivity index (χ0n) is 13.6. The Morgan fingerprint density at radius 1 is 1.15 bits per heavy atom. The van der Waals surface area contributed by atoms with Gasteiger partial charge in [0, 0.05) is 22.7 Å². The van der Waals surface area contributed by atoms with E-state index in [0.717, 1.165) is 0 Å². The van der Waals surface area contributed by atoms with Crippen molar-refractivity contribution in [2.24, 2.45) is 0 Å². The largest absolute Gasteiger partial charge is 0.478 e. The van der Waals surface area contributed by atoms with Crippen LogP contribution in [0, 0.1) is 5.82 Å². The predicted molar refractivity (Wildman–Crippen MR) is 101 cm³/mol. The van der Waals surface area contributed by atoms with E-state index in [4.69, 9.17) is 17.3 Å². The van der Waals surface area contributed by atoms with Gasteiger partial charge >= 0.3 is 5.97 Å². The maximum atomic E-state index is 13.4. The second-order valence-corrected chi connectivity index (χ2v) is 6.15. The Balaban J connectivity index is 1.96. The van der Waals surface area contributed by atoms with E-state index in [1.165, 1.54) is 30.3 Å². The number of carbonyl (C=O) groups is 1. The standard InChI is InChI=1S/C18H11ClFN5O2/c19-12-6-9(2-4-13(12)20)23-16-15-11(7-22-18(21)25-15)10-3-1-8(17(26)27)5-14(10)24-16/h1-7H,(H,23,24)(H,26,27)(H2,21,22,25). The van der Waals surface area contributed by atoms with Gasteiger partial charge in [-0.1, -0.05) is 17.7 Å². The second-order valence-electron chi connectivity index (χ2n) is 5.74. The smallest absolute Gasteiger partial charge is 0.335 e. The van der Waals surface area contributed by atoms with Crippen LogP contribution < -0.4 is 11.1 Å². The molecule has 4 aromatic rings. The van der Waals surface area contributed by atoms with Crippen molar-refractivity contribution < 1.29 is 14.3 Å². The third-order valence-corrected chi connectivity index (χ3v) is 4.27. The highest BCUT2D eigenvalue weighted by Crippen LogP contribution is 2.31. The summed E-state index contributed by atoms with van der Waals surface area (Å²) in [5.74, 6) is -1.23. The monoisotopic (exact) mass is 383 g/mol. The van der Waals surface area contributed by atoms with Crippen molar-refractivity contribution in [3.05, 3.63) is 59.0 Å². The normalized spacial score (nSPS) is 11.0. The molecule has 0 fully saturated rings. The van der Waals surface area contributed by atoms with Crippen LogP contribution in [0.1, 0.15) is 10.4 Å². The summed E-state index contributed by atoms with van der Waals surface area (Å²) in [7, 11) is 0. The highest BCUT2D eigenvalue weighted by Gasteiger charge is 2.14. The van der Waals surface area contributed by atoms with E-state index in [9.17, 15) is 14.3 Å². The molecule has 0 aliphatic heterocycles.